The minimum atomic E-state index is -0.767. The van der Waals surface area contributed by atoms with E-state index in [0.29, 0.717) is 19.5 Å². The van der Waals surface area contributed by atoms with Crippen molar-refractivity contribution < 1.29 is 14.7 Å². The normalized spacial score (nSPS) is 23.3. The molecular formula is C18H26N2O3. The van der Waals surface area contributed by atoms with E-state index in [9.17, 15) is 14.7 Å². The first-order chi connectivity index (χ1) is 10.9. The van der Waals surface area contributed by atoms with Gasteiger partial charge < -0.3 is 10.0 Å². The Kier molecular flexibility index (Phi) is 5.77. The van der Waals surface area contributed by atoms with Crippen molar-refractivity contribution in [3.05, 3.63) is 30.3 Å². The van der Waals surface area contributed by atoms with Gasteiger partial charge in [0.15, 0.2) is 0 Å². The summed E-state index contributed by atoms with van der Waals surface area (Å²) in [5.41, 5.74) is 0.881. The van der Waals surface area contributed by atoms with Crippen molar-refractivity contribution in [3.63, 3.8) is 0 Å². The van der Waals surface area contributed by atoms with Gasteiger partial charge >= 0.3 is 5.97 Å². The molecule has 23 heavy (non-hydrogen) atoms. The molecule has 1 fully saturated rings. The van der Waals surface area contributed by atoms with Crippen LogP contribution >= 0.6 is 0 Å². The van der Waals surface area contributed by atoms with Crippen LogP contribution in [0.5, 0.6) is 0 Å². The molecule has 1 heterocycles. The van der Waals surface area contributed by atoms with Crippen molar-refractivity contribution in [2.24, 2.45) is 11.8 Å². The van der Waals surface area contributed by atoms with E-state index in [-0.39, 0.29) is 23.8 Å². The zero-order chi connectivity index (χ0) is 17.0. The highest BCUT2D eigenvalue weighted by atomic mass is 16.4. The molecule has 5 heteroatoms. The lowest BCUT2D eigenvalue weighted by atomic mass is 9.89. The quantitative estimate of drug-likeness (QED) is 0.906. The minimum Gasteiger partial charge on any atom is -0.481 e. The maximum Gasteiger partial charge on any atom is 0.307 e. The van der Waals surface area contributed by atoms with E-state index in [1.807, 2.05) is 56.0 Å². The number of hydrogen-bond donors (Lipinski definition) is 1. The summed E-state index contributed by atoms with van der Waals surface area (Å²) >= 11 is 0. The summed E-state index contributed by atoms with van der Waals surface area (Å²) in [7, 11) is 0. The van der Waals surface area contributed by atoms with Crippen molar-refractivity contribution in [1.82, 2.24) is 4.90 Å². The zero-order valence-electron chi connectivity index (χ0n) is 14.1. The molecule has 0 aromatic heterocycles. The van der Waals surface area contributed by atoms with E-state index in [0.717, 1.165) is 12.2 Å². The summed E-state index contributed by atoms with van der Waals surface area (Å²) in [6.45, 7) is 7.69. The van der Waals surface area contributed by atoms with Crippen LogP contribution in [0.15, 0.2) is 30.3 Å². The third-order valence-corrected chi connectivity index (χ3v) is 4.59. The smallest absolute Gasteiger partial charge is 0.307 e. The molecule has 1 saturated heterocycles. The molecule has 3 unspecified atom stereocenters. The fourth-order valence-corrected chi connectivity index (χ4v) is 3.34. The van der Waals surface area contributed by atoms with Crippen molar-refractivity contribution in [3.8, 4) is 0 Å². The molecule has 0 saturated carbocycles. The first kappa shape index (κ1) is 17.5. The maximum atomic E-state index is 12.9. The Bertz CT molecular complexity index is 546. The molecule has 1 aromatic rings. The van der Waals surface area contributed by atoms with Gasteiger partial charge in [-0.3, -0.25) is 14.5 Å². The zero-order valence-corrected chi connectivity index (χ0v) is 14.1. The molecule has 126 valence electrons. The summed E-state index contributed by atoms with van der Waals surface area (Å²) in [5, 5.41) is 9.31. The van der Waals surface area contributed by atoms with E-state index in [2.05, 4.69) is 0 Å². The molecule has 0 spiro atoms. The fraction of sp³-hybridized carbons (Fsp3) is 0.556. The van der Waals surface area contributed by atoms with Gasteiger partial charge in [-0.25, -0.2) is 0 Å². The van der Waals surface area contributed by atoms with Gasteiger partial charge in [0.1, 0.15) is 0 Å². The van der Waals surface area contributed by atoms with Gasteiger partial charge in [0, 0.05) is 25.3 Å². The standard InChI is InChI=1S/C18H26N2O3/c1-4-20(16-8-6-5-7-9-16)17(21)14(3)19-11-13(2)10-15(12-19)18(22)23/h5-9,13-15H,4,10-12H2,1-3H3,(H,22,23). The fourth-order valence-electron chi connectivity index (χ4n) is 3.34. The third-order valence-electron chi connectivity index (χ3n) is 4.59. The van der Waals surface area contributed by atoms with Gasteiger partial charge in [-0.05, 0) is 38.3 Å². The highest BCUT2D eigenvalue weighted by molar-refractivity contribution is 5.96. The molecule has 1 aliphatic rings. The van der Waals surface area contributed by atoms with Gasteiger partial charge in [0.05, 0.1) is 12.0 Å². The van der Waals surface area contributed by atoms with Crippen LogP contribution in [0.3, 0.4) is 0 Å². The number of aliphatic carboxylic acids is 1. The topological polar surface area (TPSA) is 60.9 Å². The second kappa shape index (κ2) is 7.59. The number of hydrogen-bond acceptors (Lipinski definition) is 3. The lowest BCUT2D eigenvalue weighted by Gasteiger charge is -2.39. The third kappa shape index (κ3) is 4.10. The first-order valence-corrected chi connectivity index (χ1v) is 8.27. The van der Waals surface area contributed by atoms with E-state index in [1.165, 1.54) is 0 Å². The molecule has 0 aliphatic carbocycles. The Labute approximate surface area is 137 Å². The Balaban J connectivity index is 2.13. The van der Waals surface area contributed by atoms with Crippen LogP contribution in [-0.2, 0) is 9.59 Å². The largest absolute Gasteiger partial charge is 0.481 e. The number of anilines is 1. The summed E-state index contributed by atoms with van der Waals surface area (Å²) in [6.07, 6.45) is 0.683. The van der Waals surface area contributed by atoms with Crippen LogP contribution in [0.4, 0.5) is 5.69 Å². The predicted molar refractivity (Wildman–Crippen MR) is 90.4 cm³/mol. The van der Waals surface area contributed by atoms with Gasteiger partial charge in [-0.15, -0.1) is 0 Å². The summed E-state index contributed by atoms with van der Waals surface area (Å²) in [4.78, 5) is 28.0. The van der Waals surface area contributed by atoms with Crippen molar-refractivity contribution >= 4 is 17.6 Å². The molecule has 1 N–H and O–H groups in total. The van der Waals surface area contributed by atoms with Crippen LogP contribution in [0.25, 0.3) is 0 Å². The number of carboxylic acid groups (broad SMARTS) is 1. The average molecular weight is 318 g/mol. The second-order valence-corrected chi connectivity index (χ2v) is 6.42. The number of carboxylic acids is 1. The number of carbonyl (C=O) groups excluding carboxylic acids is 1. The molecule has 0 radical (unpaired) electrons. The predicted octanol–water partition coefficient (Wildman–Crippen LogP) is 2.47. The van der Waals surface area contributed by atoms with Gasteiger partial charge in [0.25, 0.3) is 0 Å². The summed E-state index contributed by atoms with van der Waals surface area (Å²) in [5.74, 6) is -0.846. The van der Waals surface area contributed by atoms with E-state index >= 15 is 0 Å². The Hall–Kier alpha value is -1.88. The second-order valence-electron chi connectivity index (χ2n) is 6.42. The summed E-state index contributed by atoms with van der Waals surface area (Å²) < 4.78 is 0. The van der Waals surface area contributed by atoms with Crippen LogP contribution in [-0.4, -0.2) is 47.6 Å². The number of rotatable bonds is 5. The number of piperidine rings is 1. The maximum absolute atomic E-state index is 12.9. The number of para-hydroxylation sites is 1. The van der Waals surface area contributed by atoms with Crippen molar-refractivity contribution in [2.75, 3.05) is 24.5 Å². The number of carbonyl (C=O) groups is 2. The van der Waals surface area contributed by atoms with E-state index in [4.69, 9.17) is 0 Å². The van der Waals surface area contributed by atoms with Gasteiger partial charge in [0.2, 0.25) is 5.91 Å². The monoisotopic (exact) mass is 318 g/mol. The van der Waals surface area contributed by atoms with Crippen LogP contribution < -0.4 is 4.90 Å². The van der Waals surface area contributed by atoms with Crippen molar-refractivity contribution in [1.29, 1.82) is 0 Å². The minimum absolute atomic E-state index is 0.0249. The van der Waals surface area contributed by atoms with Gasteiger partial charge in [-0.1, -0.05) is 25.1 Å². The molecule has 1 aliphatic heterocycles. The lowest BCUT2D eigenvalue weighted by Crippen LogP contribution is -2.53. The average Bonchev–Trinajstić information content (AvgIpc) is 2.55. The summed E-state index contributed by atoms with van der Waals surface area (Å²) in [6, 6.07) is 9.29. The lowest BCUT2D eigenvalue weighted by molar-refractivity contribution is -0.145. The van der Waals surface area contributed by atoms with Gasteiger partial charge in [-0.2, -0.15) is 0 Å². The molecule has 3 atom stereocenters. The number of likely N-dealkylation sites (tertiary alicyclic amines) is 1. The van der Waals surface area contributed by atoms with Crippen molar-refractivity contribution in [2.45, 2.75) is 33.2 Å². The number of benzene rings is 1. The SMILES string of the molecule is CCN(C(=O)C(C)N1CC(C)CC(C(=O)O)C1)c1ccccc1. The van der Waals surface area contributed by atoms with Crippen LogP contribution in [0.1, 0.15) is 27.2 Å². The molecule has 1 aromatic carbocycles. The Morgan fingerprint density at radius 3 is 2.52 bits per heavy atom. The number of amides is 1. The molecular weight excluding hydrogens is 292 g/mol. The molecule has 2 rings (SSSR count). The highest BCUT2D eigenvalue weighted by Crippen LogP contribution is 2.25. The first-order valence-electron chi connectivity index (χ1n) is 8.27. The van der Waals surface area contributed by atoms with E-state index < -0.39 is 5.97 Å². The molecule has 0 bridgehead atoms. The Morgan fingerprint density at radius 1 is 1.30 bits per heavy atom. The number of likely N-dealkylation sites (N-methyl/N-ethyl adjacent to an activating group) is 1. The van der Waals surface area contributed by atoms with E-state index in [1.54, 1.807) is 4.90 Å². The molecule has 1 amide bonds. The van der Waals surface area contributed by atoms with Crippen LogP contribution in [0, 0.1) is 11.8 Å². The Morgan fingerprint density at radius 2 is 1.96 bits per heavy atom. The number of nitrogens with zero attached hydrogens (tertiary/aromatic N) is 2. The highest BCUT2D eigenvalue weighted by Gasteiger charge is 2.35. The van der Waals surface area contributed by atoms with Crippen LogP contribution in [0.2, 0.25) is 0 Å². The molecule has 5 nitrogen and oxygen atoms in total.